The molecule has 1 atom stereocenters. The molecule has 1 saturated heterocycles. The van der Waals surface area contributed by atoms with Crippen LogP contribution in [-0.4, -0.2) is 37.0 Å². The molecule has 2 heterocycles. The first-order valence-electron chi connectivity index (χ1n) is 4.52. The molecule has 0 amide bonds. The molecule has 0 spiro atoms. The molecule has 1 aromatic rings. The van der Waals surface area contributed by atoms with Gasteiger partial charge in [0.1, 0.15) is 4.21 Å². The third-order valence-electron chi connectivity index (χ3n) is 2.32. The van der Waals surface area contributed by atoms with E-state index in [1.54, 1.807) is 5.38 Å². The van der Waals surface area contributed by atoms with Crippen LogP contribution in [0.1, 0.15) is 6.42 Å². The van der Waals surface area contributed by atoms with Crippen molar-refractivity contribution in [3.05, 3.63) is 11.4 Å². The second-order valence-electron chi connectivity index (χ2n) is 3.50. The van der Waals surface area contributed by atoms with E-state index in [0.717, 1.165) is 11.3 Å². The lowest BCUT2D eigenvalue weighted by Crippen LogP contribution is -2.29. The van der Waals surface area contributed by atoms with Gasteiger partial charge in [-0.3, -0.25) is 0 Å². The van der Waals surface area contributed by atoms with E-state index in [9.17, 15) is 13.5 Å². The number of anilines is 1. The Bertz CT molecular complexity index is 454. The van der Waals surface area contributed by atoms with Gasteiger partial charge in [-0.1, -0.05) is 0 Å². The summed E-state index contributed by atoms with van der Waals surface area (Å²) in [6.07, 6.45) is -0.0443. The Morgan fingerprint density at radius 2 is 2.33 bits per heavy atom. The number of nitrogens with zero attached hydrogens (tertiary/aromatic N) is 1. The number of nitrogen functional groups attached to an aromatic ring is 1. The quantitative estimate of drug-likeness (QED) is 0.776. The van der Waals surface area contributed by atoms with Crippen molar-refractivity contribution in [2.75, 3.05) is 18.8 Å². The zero-order valence-corrected chi connectivity index (χ0v) is 9.59. The SMILES string of the molecule is Nc1csc(S(=O)(=O)N2CCC(O)C2)c1. The zero-order valence-electron chi connectivity index (χ0n) is 7.96. The van der Waals surface area contributed by atoms with Crippen LogP contribution in [0.3, 0.4) is 0 Å². The van der Waals surface area contributed by atoms with Crippen molar-refractivity contribution in [3.8, 4) is 0 Å². The van der Waals surface area contributed by atoms with Crippen LogP contribution in [0, 0.1) is 0 Å². The first-order valence-corrected chi connectivity index (χ1v) is 6.84. The first kappa shape index (κ1) is 10.9. The Morgan fingerprint density at radius 1 is 1.60 bits per heavy atom. The third-order valence-corrected chi connectivity index (χ3v) is 5.61. The number of thiophene rings is 1. The normalized spacial score (nSPS) is 23.4. The van der Waals surface area contributed by atoms with Crippen molar-refractivity contribution >= 4 is 27.0 Å². The average Bonchev–Trinajstić information content (AvgIpc) is 2.74. The average molecular weight is 248 g/mol. The lowest BCUT2D eigenvalue weighted by atomic mass is 10.3. The summed E-state index contributed by atoms with van der Waals surface area (Å²) in [6, 6.07) is 1.45. The molecular formula is C8H12N2O3S2. The first-order chi connectivity index (χ1) is 7.00. The summed E-state index contributed by atoms with van der Waals surface area (Å²) in [5, 5.41) is 10.9. The minimum absolute atomic E-state index is 0.181. The van der Waals surface area contributed by atoms with Crippen LogP contribution in [0.5, 0.6) is 0 Å². The Hall–Kier alpha value is -0.630. The maximum Gasteiger partial charge on any atom is 0.252 e. The van der Waals surface area contributed by atoms with E-state index in [-0.39, 0.29) is 10.8 Å². The van der Waals surface area contributed by atoms with E-state index in [1.807, 2.05) is 0 Å². The number of sulfonamides is 1. The summed E-state index contributed by atoms with van der Waals surface area (Å²) in [6.45, 7) is 0.557. The minimum atomic E-state index is -3.44. The fourth-order valence-corrected chi connectivity index (χ4v) is 4.25. The number of β-amino-alcohol motifs (C(OH)–C–C–N with tert-alkyl or cyclic N) is 1. The highest BCUT2D eigenvalue weighted by atomic mass is 32.2. The number of nitrogens with two attached hydrogens (primary N) is 1. The highest BCUT2D eigenvalue weighted by Crippen LogP contribution is 2.27. The van der Waals surface area contributed by atoms with Crippen molar-refractivity contribution in [1.29, 1.82) is 0 Å². The maximum atomic E-state index is 12.0. The van der Waals surface area contributed by atoms with E-state index in [1.165, 1.54) is 10.4 Å². The van der Waals surface area contributed by atoms with Crippen LogP contribution in [0.15, 0.2) is 15.7 Å². The van der Waals surface area contributed by atoms with Gasteiger partial charge in [-0.2, -0.15) is 4.31 Å². The summed E-state index contributed by atoms with van der Waals surface area (Å²) in [7, 11) is -3.44. The summed E-state index contributed by atoms with van der Waals surface area (Å²) in [5.41, 5.74) is 5.94. The predicted molar refractivity (Wildman–Crippen MR) is 58.1 cm³/mol. The van der Waals surface area contributed by atoms with Crippen molar-refractivity contribution < 1.29 is 13.5 Å². The van der Waals surface area contributed by atoms with Crippen LogP contribution >= 0.6 is 11.3 Å². The van der Waals surface area contributed by atoms with Gasteiger partial charge in [0.05, 0.1) is 6.10 Å². The van der Waals surface area contributed by atoms with Gasteiger partial charge < -0.3 is 10.8 Å². The van der Waals surface area contributed by atoms with Crippen LogP contribution in [0.2, 0.25) is 0 Å². The lowest BCUT2D eigenvalue weighted by Gasteiger charge is -2.13. The zero-order chi connectivity index (χ0) is 11.1. The summed E-state index contributed by atoms with van der Waals surface area (Å²) >= 11 is 1.11. The van der Waals surface area contributed by atoms with Crippen LogP contribution in [0.4, 0.5) is 5.69 Å². The standard InChI is InChI=1S/C8H12N2O3S2/c9-6-3-8(14-5-6)15(12,13)10-2-1-7(11)4-10/h3,5,7,11H,1-2,4,9H2. The highest BCUT2D eigenvalue weighted by Gasteiger charge is 2.32. The second kappa shape index (κ2) is 3.75. The van der Waals surface area contributed by atoms with Gasteiger partial charge in [-0.15, -0.1) is 11.3 Å². The number of aliphatic hydroxyl groups is 1. The lowest BCUT2D eigenvalue weighted by molar-refractivity contribution is 0.189. The summed E-state index contributed by atoms with van der Waals surface area (Å²) in [4.78, 5) is 0. The van der Waals surface area contributed by atoms with Gasteiger partial charge in [0.2, 0.25) is 0 Å². The molecule has 0 bridgehead atoms. The Morgan fingerprint density at radius 3 is 2.80 bits per heavy atom. The summed E-state index contributed by atoms with van der Waals surface area (Å²) in [5.74, 6) is 0. The minimum Gasteiger partial charge on any atom is -0.398 e. The molecule has 2 rings (SSSR count). The predicted octanol–water partition coefficient (Wildman–Crippen LogP) is 0.0856. The fourth-order valence-electron chi connectivity index (χ4n) is 1.52. The second-order valence-corrected chi connectivity index (χ2v) is 6.58. The number of hydrogen-bond donors (Lipinski definition) is 2. The Labute approximate surface area is 92.2 Å². The smallest absolute Gasteiger partial charge is 0.252 e. The van der Waals surface area contributed by atoms with E-state index in [2.05, 4.69) is 0 Å². The maximum absolute atomic E-state index is 12.0. The van der Waals surface area contributed by atoms with E-state index in [4.69, 9.17) is 5.73 Å². The molecule has 0 saturated carbocycles. The van der Waals surface area contributed by atoms with Crippen molar-refractivity contribution in [2.45, 2.75) is 16.7 Å². The van der Waals surface area contributed by atoms with Crippen LogP contribution < -0.4 is 5.73 Å². The molecule has 1 fully saturated rings. The molecular weight excluding hydrogens is 236 g/mol. The molecule has 7 heteroatoms. The van der Waals surface area contributed by atoms with Crippen molar-refractivity contribution in [1.82, 2.24) is 4.31 Å². The Balaban J connectivity index is 2.27. The monoisotopic (exact) mass is 248 g/mol. The van der Waals surface area contributed by atoms with Crippen LogP contribution in [-0.2, 0) is 10.0 Å². The van der Waals surface area contributed by atoms with Gasteiger partial charge in [0.15, 0.2) is 0 Å². The molecule has 1 aliphatic heterocycles. The van der Waals surface area contributed by atoms with Gasteiger partial charge in [0.25, 0.3) is 10.0 Å². The van der Waals surface area contributed by atoms with Crippen molar-refractivity contribution in [2.24, 2.45) is 0 Å². The number of hydrogen-bond acceptors (Lipinski definition) is 5. The number of rotatable bonds is 2. The van der Waals surface area contributed by atoms with Gasteiger partial charge in [-0.05, 0) is 12.5 Å². The van der Waals surface area contributed by atoms with Gasteiger partial charge in [-0.25, -0.2) is 8.42 Å². The molecule has 3 N–H and O–H groups in total. The molecule has 1 aliphatic rings. The van der Waals surface area contributed by atoms with E-state index < -0.39 is 16.1 Å². The van der Waals surface area contributed by atoms with Crippen LogP contribution in [0.25, 0.3) is 0 Å². The van der Waals surface area contributed by atoms with Gasteiger partial charge >= 0.3 is 0 Å². The molecule has 0 aliphatic carbocycles. The summed E-state index contributed by atoms with van der Waals surface area (Å²) < 4.78 is 25.5. The molecule has 1 aromatic heterocycles. The molecule has 15 heavy (non-hydrogen) atoms. The van der Waals surface area contributed by atoms with E-state index in [0.29, 0.717) is 18.7 Å². The molecule has 0 radical (unpaired) electrons. The number of aliphatic hydroxyl groups excluding tert-OH is 1. The highest BCUT2D eigenvalue weighted by molar-refractivity contribution is 7.91. The largest absolute Gasteiger partial charge is 0.398 e. The molecule has 84 valence electrons. The Kier molecular flexibility index (Phi) is 2.72. The topological polar surface area (TPSA) is 83.6 Å². The molecule has 0 aromatic carbocycles. The van der Waals surface area contributed by atoms with E-state index >= 15 is 0 Å². The third kappa shape index (κ3) is 2.00. The van der Waals surface area contributed by atoms with Crippen molar-refractivity contribution in [3.63, 3.8) is 0 Å². The van der Waals surface area contributed by atoms with Gasteiger partial charge in [0, 0.05) is 24.2 Å². The fraction of sp³-hybridized carbons (Fsp3) is 0.500. The molecule has 1 unspecified atom stereocenters. The molecule has 5 nitrogen and oxygen atoms in total.